The molecule has 0 aliphatic heterocycles. The van der Waals surface area contributed by atoms with Crippen LogP contribution < -0.4 is 0 Å². The molecule has 0 amide bonds. The van der Waals surface area contributed by atoms with Crippen LogP contribution in [-0.4, -0.2) is 24.8 Å². The van der Waals surface area contributed by atoms with E-state index in [1.165, 1.54) is 36.8 Å². The van der Waals surface area contributed by atoms with E-state index in [0.29, 0.717) is 22.8 Å². The predicted octanol–water partition coefficient (Wildman–Crippen LogP) is 3.96. The average molecular weight is 332 g/mol. The summed E-state index contributed by atoms with van der Waals surface area (Å²) in [6, 6.07) is 0. The van der Waals surface area contributed by atoms with Gasteiger partial charge in [0.25, 0.3) is 0 Å². The van der Waals surface area contributed by atoms with E-state index in [0.717, 1.165) is 16.3 Å². The van der Waals surface area contributed by atoms with Crippen LogP contribution in [0, 0.1) is 6.92 Å². The van der Waals surface area contributed by atoms with Gasteiger partial charge in [-0.2, -0.15) is 9.61 Å². The summed E-state index contributed by atoms with van der Waals surface area (Å²) >= 11 is 8.10. The summed E-state index contributed by atoms with van der Waals surface area (Å²) in [5, 5.41) is 16.8. The lowest BCUT2D eigenvalue weighted by molar-refractivity contribution is 0.358. The molecule has 0 atom stereocenters. The van der Waals surface area contributed by atoms with Gasteiger partial charge in [-0.25, -0.2) is 4.98 Å². The van der Waals surface area contributed by atoms with Crippen LogP contribution in [0.4, 0.5) is 0 Å². The van der Waals surface area contributed by atoms with E-state index < -0.39 is 0 Å². The first-order chi connectivity index (χ1) is 10.7. The van der Waals surface area contributed by atoms with Crippen molar-refractivity contribution < 1.29 is 0 Å². The molecular weight excluding hydrogens is 318 g/mol. The standard InChI is InChI=1S/C15H14ClN5S/c1-7-6-22-15(17-7)14-19-18-13-11-9-4-2-8(3-5-9)10(11)12(16)20-21(13)14/h6,8-9H,2-5H2,1H3. The van der Waals surface area contributed by atoms with Crippen molar-refractivity contribution in [3.05, 3.63) is 27.4 Å². The zero-order valence-electron chi connectivity index (χ0n) is 12.1. The lowest BCUT2D eigenvalue weighted by Crippen LogP contribution is -2.24. The lowest BCUT2D eigenvalue weighted by atomic mass is 9.68. The molecule has 112 valence electrons. The van der Waals surface area contributed by atoms with Crippen LogP contribution in [0.2, 0.25) is 5.15 Å². The molecule has 0 unspecified atom stereocenters. The van der Waals surface area contributed by atoms with Crippen molar-refractivity contribution in [3.63, 3.8) is 0 Å². The van der Waals surface area contributed by atoms with Gasteiger partial charge in [-0.1, -0.05) is 11.6 Å². The van der Waals surface area contributed by atoms with Gasteiger partial charge >= 0.3 is 0 Å². The SMILES string of the molecule is Cc1csc(-c2nnc3c4c(c(Cl)nn23)C2CCC4CC2)n1. The highest BCUT2D eigenvalue weighted by molar-refractivity contribution is 7.13. The van der Waals surface area contributed by atoms with Crippen LogP contribution in [-0.2, 0) is 0 Å². The van der Waals surface area contributed by atoms with E-state index in [-0.39, 0.29) is 0 Å². The zero-order valence-corrected chi connectivity index (χ0v) is 13.7. The van der Waals surface area contributed by atoms with E-state index in [4.69, 9.17) is 11.6 Å². The Labute approximate surface area is 136 Å². The van der Waals surface area contributed by atoms with Crippen LogP contribution in [0.1, 0.15) is 54.3 Å². The fraction of sp³-hybridized carbons (Fsp3) is 0.467. The number of thiazole rings is 1. The van der Waals surface area contributed by atoms with Crippen molar-refractivity contribution in [2.75, 3.05) is 0 Å². The third-order valence-electron chi connectivity index (χ3n) is 4.94. The van der Waals surface area contributed by atoms with Gasteiger partial charge in [0.05, 0.1) is 0 Å². The van der Waals surface area contributed by atoms with Crippen LogP contribution in [0.3, 0.4) is 0 Å². The zero-order chi connectivity index (χ0) is 14.8. The maximum Gasteiger partial charge on any atom is 0.214 e. The van der Waals surface area contributed by atoms with E-state index >= 15 is 0 Å². The van der Waals surface area contributed by atoms with Crippen molar-refractivity contribution in [3.8, 4) is 10.8 Å². The minimum atomic E-state index is 0.548. The molecule has 0 radical (unpaired) electrons. The summed E-state index contributed by atoms with van der Waals surface area (Å²) in [6.45, 7) is 1.98. The minimum absolute atomic E-state index is 0.548. The molecule has 0 spiro atoms. The average Bonchev–Trinajstić information content (AvgIpc) is 3.14. The molecule has 0 N–H and O–H groups in total. The lowest BCUT2D eigenvalue weighted by Gasteiger charge is -2.38. The first-order valence-electron chi connectivity index (χ1n) is 7.59. The Kier molecular flexibility index (Phi) is 2.64. The van der Waals surface area contributed by atoms with Crippen molar-refractivity contribution in [1.82, 2.24) is 24.8 Å². The monoisotopic (exact) mass is 331 g/mol. The molecule has 2 bridgehead atoms. The number of nitrogens with zero attached hydrogens (tertiary/aromatic N) is 5. The maximum atomic E-state index is 6.53. The number of rotatable bonds is 1. The van der Waals surface area contributed by atoms with Crippen molar-refractivity contribution in [1.29, 1.82) is 0 Å². The molecule has 0 aromatic carbocycles. The quantitative estimate of drug-likeness (QED) is 0.677. The highest BCUT2D eigenvalue weighted by Gasteiger charge is 2.38. The Balaban J connectivity index is 1.81. The third-order valence-corrected chi connectivity index (χ3v) is 6.17. The highest BCUT2D eigenvalue weighted by Crippen LogP contribution is 2.52. The Morgan fingerprint density at radius 2 is 1.86 bits per heavy atom. The third kappa shape index (κ3) is 1.65. The molecule has 3 aliphatic rings. The van der Waals surface area contributed by atoms with Gasteiger partial charge in [0.2, 0.25) is 5.82 Å². The summed E-state index contributed by atoms with van der Waals surface area (Å²) in [5.41, 5.74) is 4.37. The summed E-state index contributed by atoms with van der Waals surface area (Å²) in [7, 11) is 0. The molecule has 1 fully saturated rings. The van der Waals surface area contributed by atoms with Crippen LogP contribution in [0.5, 0.6) is 0 Å². The molecule has 6 rings (SSSR count). The van der Waals surface area contributed by atoms with Gasteiger partial charge in [-0.3, -0.25) is 0 Å². The Bertz CT molecular complexity index is 891. The van der Waals surface area contributed by atoms with Crippen molar-refractivity contribution in [2.24, 2.45) is 0 Å². The Hall–Kier alpha value is -1.53. The van der Waals surface area contributed by atoms with Gasteiger partial charge in [0, 0.05) is 22.2 Å². The Morgan fingerprint density at radius 1 is 1.14 bits per heavy atom. The molecule has 22 heavy (non-hydrogen) atoms. The van der Waals surface area contributed by atoms with Crippen LogP contribution in [0.15, 0.2) is 5.38 Å². The molecule has 3 aromatic heterocycles. The number of hydrogen-bond donors (Lipinski definition) is 0. The molecule has 3 aromatic rings. The topological polar surface area (TPSA) is 56.0 Å². The minimum Gasteiger partial charge on any atom is -0.238 e. The van der Waals surface area contributed by atoms with Crippen molar-refractivity contribution >= 4 is 28.6 Å². The second kappa shape index (κ2) is 4.49. The molecule has 1 saturated carbocycles. The summed E-state index contributed by atoms with van der Waals surface area (Å²) < 4.78 is 1.79. The van der Waals surface area contributed by atoms with E-state index in [9.17, 15) is 0 Å². The number of hydrogen-bond acceptors (Lipinski definition) is 5. The largest absolute Gasteiger partial charge is 0.238 e. The highest BCUT2D eigenvalue weighted by atomic mass is 35.5. The Morgan fingerprint density at radius 3 is 2.55 bits per heavy atom. The van der Waals surface area contributed by atoms with E-state index in [2.05, 4.69) is 20.3 Å². The van der Waals surface area contributed by atoms with E-state index in [1.54, 1.807) is 15.9 Å². The smallest absolute Gasteiger partial charge is 0.214 e. The number of halogens is 1. The number of aromatic nitrogens is 5. The van der Waals surface area contributed by atoms with Crippen molar-refractivity contribution in [2.45, 2.75) is 44.4 Å². The summed E-state index contributed by atoms with van der Waals surface area (Å²) in [5.74, 6) is 1.80. The fourth-order valence-electron chi connectivity index (χ4n) is 3.97. The maximum absolute atomic E-state index is 6.53. The second-order valence-corrected chi connectivity index (χ2v) is 7.44. The molecule has 3 aliphatic carbocycles. The molecule has 7 heteroatoms. The molecular formula is C15H14ClN5S. The van der Waals surface area contributed by atoms with Gasteiger partial charge in [0.1, 0.15) is 0 Å². The van der Waals surface area contributed by atoms with Crippen LogP contribution >= 0.6 is 22.9 Å². The van der Waals surface area contributed by atoms with E-state index in [1.807, 2.05) is 12.3 Å². The number of aryl methyl sites for hydroxylation is 1. The van der Waals surface area contributed by atoms with Gasteiger partial charge in [-0.05, 0) is 44.4 Å². The molecule has 3 heterocycles. The summed E-state index contributed by atoms with van der Waals surface area (Å²) in [6.07, 6.45) is 4.91. The van der Waals surface area contributed by atoms with Gasteiger partial charge in [-0.15, -0.1) is 21.5 Å². The first kappa shape index (κ1) is 13.0. The first-order valence-corrected chi connectivity index (χ1v) is 8.85. The number of fused-ring (bicyclic) bond motifs is 3. The van der Waals surface area contributed by atoms with Crippen LogP contribution in [0.25, 0.3) is 16.5 Å². The predicted molar refractivity (Wildman–Crippen MR) is 85.6 cm³/mol. The van der Waals surface area contributed by atoms with Gasteiger partial charge < -0.3 is 0 Å². The second-order valence-electron chi connectivity index (χ2n) is 6.22. The molecule has 0 saturated heterocycles. The normalized spacial score (nSPS) is 23.2. The molecule has 5 nitrogen and oxygen atoms in total. The fourth-order valence-corrected chi connectivity index (χ4v) is 5.06. The van der Waals surface area contributed by atoms with Gasteiger partial charge in [0.15, 0.2) is 15.8 Å². The summed E-state index contributed by atoms with van der Waals surface area (Å²) in [4.78, 5) is 4.51.